The Morgan fingerprint density at radius 3 is 2.93 bits per heavy atom. The van der Waals surface area contributed by atoms with Gasteiger partial charge < -0.3 is 10.4 Å². The molecule has 0 unspecified atom stereocenters. The second-order valence-corrected chi connectivity index (χ2v) is 4.21. The van der Waals surface area contributed by atoms with Gasteiger partial charge in [-0.15, -0.1) is 12.4 Å². The highest BCUT2D eigenvalue weighted by molar-refractivity contribution is 9.10. The van der Waals surface area contributed by atoms with E-state index in [9.17, 15) is 4.79 Å². The third kappa shape index (κ3) is 2.51. The average Bonchev–Trinajstić information content (AvgIpc) is 2.18. The average molecular weight is 293 g/mol. The molecular formula is C10H11BrClNO2. The van der Waals surface area contributed by atoms with Crippen LogP contribution in [0.2, 0.25) is 0 Å². The van der Waals surface area contributed by atoms with Gasteiger partial charge in [-0.05, 0) is 23.6 Å². The van der Waals surface area contributed by atoms with Crippen molar-refractivity contribution in [2.75, 3.05) is 0 Å². The van der Waals surface area contributed by atoms with E-state index in [1.54, 1.807) is 0 Å². The second-order valence-electron chi connectivity index (χ2n) is 3.35. The van der Waals surface area contributed by atoms with Crippen molar-refractivity contribution < 1.29 is 9.90 Å². The predicted molar refractivity (Wildman–Crippen MR) is 63.4 cm³/mol. The summed E-state index contributed by atoms with van der Waals surface area (Å²) in [6.07, 6.45) is 0.548. The summed E-state index contributed by atoms with van der Waals surface area (Å²) in [4.78, 5) is 10.8. The molecule has 0 saturated heterocycles. The predicted octanol–water partition coefficient (Wildman–Crippen LogP) is 1.97. The van der Waals surface area contributed by atoms with Crippen molar-refractivity contribution in [1.29, 1.82) is 0 Å². The summed E-state index contributed by atoms with van der Waals surface area (Å²) in [7, 11) is 0. The summed E-state index contributed by atoms with van der Waals surface area (Å²) in [5, 5.41) is 11.9. The van der Waals surface area contributed by atoms with Gasteiger partial charge in [-0.2, -0.15) is 0 Å². The van der Waals surface area contributed by atoms with Crippen LogP contribution < -0.4 is 5.32 Å². The normalized spacial score (nSPS) is 18.9. The molecule has 0 radical (unpaired) electrons. The minimum atomic E-state index is -0.786. The van der Waals surface area contributed by atoms with Crippen LogP contribution in [-0.2, 0) is 17.8 Å². The Kier molecular flexibility index (Phi) is 4.13. The van der Waals surface area contributed by atoms with Crippen molar-refractivity contribution in [1.82, 2.24) is 5.32 Å². The zero-order valence-corrected chi connectivity index (χ0v) is 10.3. The molecule has 15 heavy (non-hydrogen) atoms. The monoisotopic (exact) mass is 291 g/mol. The van der Waals surface area contributed by atoms with E-state index < -0.39 is 12.0 Å². The molecule has 0 saturated carbocycles. The number of benzene rings is 1. The van der Waals surface area contributed by atoms with E-state index >= 15 is 0 Å². The fraction of sp³-hybridized carbons (Fsp3) is 0.300. The maximum Gasteiger partial charge on any atom is 0.321 e. The van der Waals surface area contributed by atoms with Crippen LogP contribution in [0.4, 0.5) is 0 Å². The van der Waals surface area contributed by atoms with Gasteiger partial charge >= 0.3 is 5.97 Å². The van der Waals surface area contributed by atoms with E-state index in [1.165, 1.54) is 5.56 Å². The number of hydrogen-bond donors (Lipinski definition) is 2. The Balaban J connectivity index is 0.00000112. The molecule has 5 heteroatoms. The van der Waals surface area contributed by atoms with Gasteiger partial charge in [-0.3, -0.25) is 4.79 Å². The molecule has 0 fully saturated rings. The van der Waals surface area contributed by atoms with Crippen molar-refractivity contribution in [3.63, 3.8) is 0 Å². The topological polar surface area (TPSA) is 49.3 Å². The molecule has 0 spiro atoms. The van der Waals surface area contributed by atoms with E-state index in [4.69, 9.17) is 5.11 Å². The highest BCUT2D eigenvalue weighted by Gasteiger charge is 2.24. The number of fused-ring (bicyclic) bond motifs is 1. The quantitative estimate of drug-likeness (QED) is 0.832. The standard InChI is InChI=1S/C10H10BrNO2.ClH/c11-8-3-1-2-6-5-12-9(10(13)14)4-7(6)8;/h1-3,9,12H,4-5H2,(H,13,14);1H/t9-;/m0./s1. The van der Waals surface area contributed by atoms with Crippen LogP contribution in [0.1, 0.15) is 11.1 Å². The minimum Gasteiger partial charge on any atom is -0.480 e. The maximum absolute atomic E-state index is 10.8. The van der Waals surface area contributed by atoms with E-state index in [-0.39, 0.29) is 12.4 Å². The smallest absolute Gasteiger partial charge is 0.321 e. The Bertz CT molecular complexity index is 384. The Morgan fingerprint density at radius 2 is 2.27 bits per heavy atom. The summed E-state index contributed by atoms with van der Waals surface area (Å²) in [6.45, 7) is 0.631. The zero-order valence-electron chi connectivity index (χ0n) is 7.87. The number of carboxylic acids is 1. The molecule has 1 aliphatic heterocycles. The van der Waals surface area contributed by atoms with Gasteiger partial charge in [0.25, 0.3) is 0 Å². The fourth-order valence-electron chi connectivity index (χ4n) is 1.68. The number of halogens is 2. The summed E-state index contributed by atoms with van der Waals surface area (Å²) < 4.78 is 1.00. The third-order valence-corrected chi connectivity index (χ3v) is 3.20. The lowest BCUT2D eigenvalue weighted by molar-refractivity contribution is -0.139. The molecule has 0 aromatic heterocycles. The number of carboxylic acid groups (broad SMARTS) is 1. The van der Waals surface area contributed by atoms with Crippen molar-refractivity contribution in [2.24, 2.45) is 0 Å². The lowest BCUT2D eigenvalue weighted by Crippen LogP contribution is -2.41. The van der Waals surface area contributed by atoms with Gasteiger partial charge in [-0.1, -0.05) is 28.1 Å². The summed E-state index contributed by atoms with van der Waals surface area (Å²) >= 11 is 3.44. The van der Waals surface area contributed by atoms with E-state index in [0.717, 1.165) is 10.0 Å². The molecule has 2 N–H and O–H groups in total. The van der Waals surface area contributed by atoms with Crippen molar-refractivity contribution in [3.05, 3.63) is 33.8 Å². The maximum atomic E-state index is 10.8. The fourth-order valence-corrected chi connectivity index (χ4v) is 2.25. The van der Waals surface area contributed by atoms with Gasteiger partial charge in [-0.25, -0.2) is 0 Å². The lowest BCUT2D eigenvalue weighted by Gasteiger charge is -2.23. The molecule has 1 heterocycles. The molecule has 3 nitrogen and oxygen atoms in total. The molecule has 0 amide bonds. The van der Waals surface area contributed by atoms with E-state index in [2.05, 4.69) is 21.2 Å². The number of hydrogen-bond acceptors (Lipinski definition) is 2. The van der Waals surface area contributed by atoms with Gasteiger partial charge in [0, 0.05) is 11.0 Å². The van der Waals surface area contributed by atoms with Gasteiger partial charge in [0.2, 0.25) is 0 Å². The Morgan fingerprint density at radius 1 is 1.53 bits per heavy atom. The summed E-state index contributed by atoms with van der Waals surface area (Å²) in [5.41, 5.74) is 2.29. The first-order chi connectivity index (χ1) is 6.68. The highest BCUT2D eigenvalue weighted by Crippen LogP contribution is 2.25. The van der Waals surface area contributed by atoms with Gasteiger partial charge in [0.1, 0.15) is 6.04 Å². The first kappa shape index (κ1) is 12.5. The van der Waals surface area contributed by atoms with Gasteiger partial charge in [0.15, 0.2) is 0 Å². The molecule has 82 valence electrons. The van der Waals surface area contributed by atoms with E-state index in [1.807, 2.05) is 18.2 Å². The van der Waals surface area contributed by atoms with Crippen LogP contribution in [-0.4, -0.2) is 17.1 Å². The molecule has 1 aliphatic rings. The van der Waals surface area contributed by atoms with E-state index in [0.29, 0.717) is 13.0 Å². The van der Waals surface area contributed by atoms with Crippen LogP contribution in [0.3, 0.4) is 0 Å². The van der Waals surface area contributed by atoms with Gasteiger partial charge in [0.05, 0.1) is 0 Å². The molecule has 1 aromatic rings. The first-order valence-corrected chi connectivity index (χ1v) is 5.20. The summed E-state index contributed by atoms with van der Waals surface area (Å²) in [5.74, 6) is -0.786. The number of carbonyl (C=O) groups is 1. The largest absolute Gasteiger partial charge is 0.480 e. The summed E-state index contributed by atoms with van der Waals surface area (Å²) in [6, 6.07) is 5.47. The number of rotatable bonds is 1. The van der Waals surface area contributed by atoms with Crippen LogP contribution in [0, 0.1) is 0 Å². The SMILES string of the molecule is Cl.O=C(O)[C@@H]1Cc2c(Br)cccc2CN1. The second kappa shape index (κ2) is 4.96. The van der Waals surface area contributed by atoms with Crippen LogP contribution >= 0.6 is 28.3 Å². The third-order valence-electron chi connectivity index (χ3n) is 2.46. The highest BCUT2D eigenvalue weighted by atomic mass is 79.9. The first-order valence-electron chi connectivity index (χ1n) is 4.41. The van der Waals surface area contributed by atoms with Crippen LogP contribution in [0.25, 0.3) is 0 Å². The molecule has 1 aromatic carbocycles. The minimum absolute atomic E-state index is 0. The molecule has 0 aliphatic carbocycles. The number of nitrogens with one attached hydrogen (secondary N) is 1. The number of aliphatic carboxylic acids is 1. The van der Waals surface area contributed by atoms with Crippen molar-refractivity contribution in [3.8, 4) is 0 Å². The zero-order chi connectivity index (χ0) is 10.1. The molecule has 2 rings (SSSR count). The van der Waals surface area contributed by atoms with Crippen molar-refractivity contribution >= 4 is 34.3 Å². The molecule has 1 atom stereocenters. The van der Waals surface area contributed by atoms with Crippen LogP contribution in [0.5, 0.6) is 0 Å². The lowest BCUT2D eigenvalue weighted by atomic mass is 9.96. The van der Waals surface area contributed by atoms with Crippen molar-refractivity contribution in [2.45, 2.75) is 19.0 Å². The van der Waals surface area contributed by atoms with Crippen LogP contribution in [0.15, 0.2) is 22.7 Å². The Labute approximate surface area is 102 Å². The Hall–Kier alpha value is -0.580. The molecule has 0 bridgehead atoms. The molecular weight excluding hydrogens is 281 g/mol.